The van der Waals surface area contributed by atoms with Gasteiger partial charge in [0.15, 0.2) is 0 Å². The fraction of sp³-hybridized carbons (Fsp3) is 0.178. The van der Waals surface area contributed by atoms with E-state index in [1.165, 1.54) is 311 Å². The molecule has 0 saturated heterocycles. The molecule has 96 heavy (non-hydrogen) atoms. The lowest BCUT2D eigenvalue weighted by atomic mass is 9.45. The largest absolute Gasteiger partial charge is 0.374 e. The van der Waals surface area contributed by atoms with Crippen molar-refractivity contribution in [3.05, 3.63) is 251 Å². The van der Waals surface area contributed by atoms with E-state index in [-0.39, 0.29) is 13.7 Å². The first kappa shape index (κ1) is 52.0. The van der Waals surface area contributed by atoms with Gasteiger partial charge in [0.1, 0.15) is 0 Å². The van der Waals surface area contributed by atoms with Crippen molar-refractivity contribution < 1.29 is 0 Å². The van der Waals surface area contributed by atoms with Crippen LogP contribution in [0, 0.1) is 0 Å². The van der Waals surface area contributed by atoms with Crippen molar-refractivity contribution in [1.29, 1.82) is 0 Å². The molecule has 4 nitrogen and oxygen atoms in total. The van der Waals surface area contributed by atoms with Gasteiger partial charge in [0, 0.05) is 65.9 Å². The molecule has 16 aromatic rings. The molecule has 0 unspecified atom stereocenters. The summed E-state index contributed by atoms with van der Waals surface area (Å²) in [5.41, 5.74) is 46.8. The first-order chi connectivity index (χ1) is 47.6. The summed E-state index contributed by atoms with van der Waals surface area (Å²) in [7, 11) is 0. The van der Waals surface area contributed by atoms with E-state index < -0.39 is 0 Å². The van der Waals surface area contributed by atoms with Crippen LogP contribution in [-0.2, 0) is 51.4 Å². The Morgan fingerprint density at radius 3 is 0.948 bits per heavy atom. The van der Waals surface area contributed by atoms with Crippen LogP contribution < -0.4 is 21.9 Å². The third-order valence-corrected chi connectivity index (χ3v) is 25.2. The van der Waals surface area contributed by atoms with Gasteiger partial charge in [0.05, 0.1) is 33.1 Å². The highest BCUT2D eigenvalue weighted by molar-refractivity contribution is 6.92. The lowest BCUT2D eigenvalue weighted by molar-refractivity contribution is 0.686. The number of hydrogen-bond donors (Lipinski definition) is 0. The van der Waals surface area contributed by atoms with Crippen LogP contribution in [0.2, 0.25) is 0 Å². The molecule has 24 rings (SSSR count). The second-order valence-electron chi connectivity index (χ2n) is 29.9. The van der Waals surface area contributed by atoms with Crippen molar-refractivity contribution in [2.75, 3.05) is 0 Å². The van der Waals surface area contributed by atoms with Crippen LogP contribution in [0.3, 0.4) is 0 Å². The maximum absolute atomic E-state index is 2.89. The van der Waals surface area contributed by atoms with E-state index in [2.05, 4.69) is 224 Å². The molecule has 452 valence electrons. The van der Waals surface area contributed by atoms with E-state index in [1.807, 2.05) is 0 Å². The lowest BCUT2D eigenvalue weighted by Gasteiger charge is -2.34. The number of aromatic nitrogens is 4. The molecule has 4 aliphatic heterocycles. The summed E-state index contributed by atoms with van der Waals surface area (Å²) in [6, 6.07) is 84.0. The first-order valence-electron chi connectivity index (χ1n) is 36.2. The van der Waals surface area contributed by atoms with Crippen LogP contribution >= 0.6 is 0 Å². The molecule has 12 aromatic carbocycles. The second kappa shape index (κ2) is 18.8. The fourth-order valence-corrected chi connectivity index (χ4v) is 20.9. The number of aryl methyl sites for hydroxylation is 8. The van der Waals surface area contributed by atoms with E-state index in [0.29, 0.717) is 0 Å². The molecule has 0 radical (unpaired) electrons. The minimum atomic E-state index is -0.109. The maximum atomic E-state index is 2.89. The fourth-order valence-electron chi connectivity index (χ4n) is 20.9. The van der Waals surface area contributed by atoms with Crippen LogP contribution in [0.25, 0.3) is 155 Å². The summed E-state index contributed by atoms with van der Waals surface area (Å²) in [6.45, 7) is -0.219. The Morgan fingerprint density at radius 1 is 0.229 bits per heavy atom. The Bertz CT molecular complexity index is 5930. The summed E-state index contributed by atoms with van der Waals surface area (Å²) in [5, 5.41) is 7.96. The van der Waals surface area contributed by atoms with Gasteiger partial charge in [-0.2, -0.15) is 0 Å². The number of fused-ring (bicyclic) bond motifs is 25. The van der Waals surface area contributed by atoms with Crippen molar-refractivity contribution in [3.8, 4) is 78.1 Å². The highest BCUT2D eigenvalue weighted by Gasteiger charge is 2.47. The normalized spacial score (nSPS) is 15.8. The molecule has 8 heterocycles. The maximum Gasteiger partial charge on any atom is 0.333 e. The van der Waals surface area contributed by atoms with Crippen LogP contribution in [0.4, 0.5) is 0 Å². The van der Waals surface area contributed by atoms with Crippen LogP contribution in [0.15, 0.2) is 206 Å². The molecule has 4 aromatic heterocycles. The van der Waals surface area contributed by atoms with Crippen molar-refractivity contribution in [2.45, 2.75) is 103 Å². The summed E-state index contributed by atoms with van der Waals surface area (Å²) in [4.78, 5) is 0. The molecule has 4 aliphatic carbocycles. The van der Waals surface area contributed by atoms with Crippen LogP contribution in [0.5, 0.6) is 0 Å². The van der Waals surface area contributed by atoms with Gasteiger partial charge in [0.2, 0.25) is 0 Å². The zero-order chi connectivity index (χ0) is 61.9. The number of rotatable bonds is 4. The van der Waals surface area contributed by atoms with E-state index >= 15 is 0 Å². The van der Waals surface area contributed by atoms with Crippen molar-refractivity contribution in [3.63, 3.8) is 0 Å². The van der Waals surface area contributed by atoms with E-state index in [9.17, 15) is 0 Å². The van der Waals surface area contributed by atoms with Gasteiger partial charge < -0.3 is 18.1 Å². The molecular weight excluding hydrogens is 1160 g/mol. The van der Waals surface area contributed by atoms with E-state index in [4.69, 9.17) is 0 Å². The van der Waals surface area contributed by atoms with Gasteiger partial charge >= 0.3 is 13.7 Å². The number of para-hydroxylation sites is 2. The minimum absolute atomic E-state index is 0.109. The molecular formula is C90H66B2N4. The molecule has 8 aliphatic rings. The zero-order valence-corrected chi connectivity index (χ0v) is 53.9. The SMILES string of the molecule is c1cc2c3c(c1)c1c(c4cccc5c4n1B1c4cc(-c6ccc7c(c6)CCCC7)ccc4-n4c6ccc(-c7ccc8c(c7)CCCC8)cc6c6ccc-5c1c64)n3B1c3cc(-c4ccc5c(c4)CCCC5)ccc3-n3c4ccc(-c5ccc6c(c5)CCCC6)cc4c4ccc-2c1c43. The number of nitrogens with zero attached hydrogens (tertiary/aromatic N) is 4. The van der Waals surface area contributed by atoms with Gasteiger partial charge in [-0.3, -0.25) is 0 Å². The quantitative estimate of drug-likeness (QED) is 0.157. The number of hydrogen-bond acceptors (Lipinski definition) is 0. The Hall–Kier alpha value is -10.3. The van der Waals surface area contributed by atoms with Crippen LogP contribution in [0.1, 0.15) is 95.9 Å². The Morgan fingerprint density at radius 2 is 0.562 bits per heavy atom. The highest BCUT2D eigenvalue weighted by atomic mass is 15.1. The molecule has 6 heteroatoms. The summed E-state index contributed by atoms with van der Waals surface area (Å²) >= 11 is 0. The standard InChI is InChI=1S/C90H66B2N4/c1-5-15-55-43-59(27-23-51(55)11-1)63-31-39-79-75(47-63)71-37-35-67-69-19-9-21-73-85(69)95(91-77-49-65(33-41-81(77)93(79)87(71)83(67)91)61-29-25-53-13-3-7-17-57(53)45-61)89-74-22-10-20-70-68-36-38-72-76-48-64(60-28-24-52-12-2-6-16-56(52)44-60)32-40-80(76)94-82-42-34-66(62-30-26-54-14-4-8-18-58(54)46-62)50-78(82)92(84(68)88(72)94)96(86(70)74)90(73)89/h9-10,19-50H,1-8,11-18H2. The molecule has 0 amide bonds. The molecule has 0 spiro atoms. The Labute approximate surface area is 558 Å². The topological polar surface area (TPSA) is 19.7 Å². The predicted octanol–water partition coefficient (Wildman–Crippen LogP) is 19.0. The van der Waals surface area contributed by atoms with Gasteiger partial charge in [-0.05, 0) is 261 Å². The summed E-state index contributed by atoms with van der Waals surface area (Å²) in [5.74, 6) is 0. The van der Waals surface area contributed by atoms with Gasteiger partial charge in [0.25, 0.3) is 0 Å². The van der Waals surface area contributed by atoms with Gasteiger partial charge in [-0.25, -0.2) is 0 Å². The monoisotopic (exact) mass is 1220 g/mol. The zero-order valence-electron chi connectivity index (χ0n) is 53.9. The van der Waals surface area contributed by atoms with Gasteiger partial charge in [-0.1, -0.05) is 170 Å². The van der Waals surface area contributed by atoms with E-state index in [1.54, 1.807) is 0 Å². The van der Waals surface area contributed by atoms with Crippen LogP contribution in [-0.4, -0.2) is 31.8 Å². The van der Waals surface area contributed by atoms with Crippen molar-refractivity contribution >= 4 is 112 Å². The third kappa shape index (κ3) is 6.73. The molecule has 0 fully saturated rings. The smallest absolute Gasteiger partial charge is 0.333 e. The van der Waals surface area contributed by atoms with E-state index in [0.717, 1.165) is 12.8 Å². The number of benzene rings is 12. The molecule has 0 saturated carbocycles. The molecule has 0 bridgehead atoms. The second-order valence-corrected chi connectivity index (χ2v) is 29.9. The minimum Gasteiger partial charge on any atom is -0.374 e. The Kier molecular flexibility index (Phi) is 10.2. The molecule has 0 atom stereocenters. The average Bonchev–Trinajstić information content (AvgIpc) is 1.48. The summed E-state index contributed by atoms with van der Waals surface area (Å²) < 4.78 is 11.1. The van der Waals surface area contributed by atoms with Crippen molar-refractivity contribution in [2.24, 2.45) is 0 Å². The third-order valence-electron chi connectivity index (χ3n) is 25.2. The first-order valence-corrected chi connectivity index (χ1v) is 36.2. The summed E-state index contributed by atoms with van der Waals surface area (Å²) in [6.07, 6.45) is 19.6. The molecule has 0 N–H and O–H groups in total. The lowest BCUT2D eigenvalue weighted by Crippen LogP contribution is -2.55. The highest BCUT2D eigenvalue weighted by Crippen LogP contribution is 2.51. The van der Waals surface area contributed by atoms with Gasteiger partial charge in [-0.15, -0.1) is 0 Å². The average molecular weight is 1230 g/mol. The Balaban J connectivity index is 0.787. The predicted molar refractivity (Wildman–Crippen MR) is 404 cm³/mol. The van der Waals surface area contributed by atoms with Crippen molar-refractivity contribution in [1.82, 2.24) is 18.1 Å².